The highest BCUT2D eigenvalue weighted by Gasteiger charge is 2.09. The van der Waals surface area contributed by atoms with E-state index in [9.17, 15) is 8.78 Å². The third kappa shape index (κ3) is 2.15. The van der Waals surface area contributed by atoms with Crippen LogP contribution in [0.4, 0.5) is 8.78 Å². The summed E-state index contributed by atoms with van der Waals surface area (Å²) in [5.41, 5.74) is 0.630. The van der Waals surface area contributed by atoms with Crippen LogP contribution in [0.15, 0.2) is 36.8 Å². The number of rotatable bonds is 2. The van der Waals surface area contributed by atoms with E-state index in [2.05, 4.69) is 9.97 Å². The molecule has 0 aliphatic rings. The maximum Gasteiger partial charge on any atom is 0.129 e. The summed E-state index contributed by atoms with van der Waals surface area (Å²) >= 11 is 0. The smallest absolute Gasteiger partial charge is 0.129 e. The van der Waals surface area contributed by atoms with Crippen LogP contribution in [-0.2, 0) is 6.42 Å². The van der Waals surface area contributed by atoms with Crippen molar-refractivity contribution in [1.82, 2.24) is 9.97 Å². The van der Waals surface area contributed by atoms with Gasteiger partial charge in [-0.3, -0.25) is 0 Å². The molecule has 0 fully saturated rings. The Labute approximate surface area is 85.6 Å². The monoisotopic (exact) mass is 206 g/mol. The van der Waals surface area contributed by atoms with E-state index in [1.54, 1.807) is 12.3 Å². The van der Waals surface area contributed by atoms with Crippen molar-refractivity contribution >= 4 is 0 Å². The first-order valence-corrected chi connectivity index (χ1v) is 4.45. The van der Waals surface area contributed by atoms with Crippen LogP contribution in [0.25, 0.3) is 0 Å². The molecule has 0 bridgehead atoms. The summed E-state index contributed by atoms with van der Waals surface area (Å²) in [4.78, 5) is 7.65. The highest BCUT2D eigenvalue weighted by molar-refractivity contribution is 5.24. The lowest BCUT2D eigenvalue weighted by Gasteiger charge is -2.03. The average molecular weight is 206 g/mol. The molecule has 0 aliphatic heterocycles. The molecule has 0 saturated carbocycles. The molecule has 0 N–H and O–H groups in total. The summed E-state index contributed by atoms with van der Waals surface area (Å²) in [6.07, 6.45) is 3.04. The van der Waals surface area contributed by atoms with E-state index < -0.39 is 11.6 Å². The summed E-state index contributed by atoms with van der Waals surface area (Å²) in [6.45, 7) is 0. The Morgan fingerprint density at radius 1 is 1.07 bits per heavy atom. The van der Waals surface area contributed by atoms with E-state index in [4.69, 9.17) is 0 Å². The van der Waals surface area contributed by atoms with Crippen molar-refractivity contribution in [2.24, 2.45) is 0 Å². The first-order chi connectivity index (χ1) is 7.27. The molecule has 1 aromatic heterocycles. The SMILES string of the molecule is Fc1cccc(F)c1Cc1ccncn1. The summed E-state index contributed by atoms with van der Waals surface area (Å²) < 4.78 is 26.5. The molecular formula is C11H8F2N2. The van der Waals surface area contributed by atoms with Crippen molar-refractivity contribution in [2.45, 2.75) is 6.42 Å². The zero-order chi connectivity index (χ0) is 10.7. The Bertz CT molecular complexity index is 437. The van der Waals surface area contributed by atoms with Crippen molar-refractivity contribution in [2.75, 3.05) is 0 Å². The van der Waals surface area contributed by atoms with Gasteiger partial charge in [0.2, 0.25) is 0 Å². The molecule has 1 aromatic carbocycles. The fraction of sp³-hybridized carbons (Fsp3) is 0.0909. The molecule has 15 heavy (non-hydrogen) atoms. The van der Waals surface area contributed by atoms with Crippen molar-refractivity contribution in [3.63, 3.8) is 0 Å². The van der Waals surface area contributed by atoms with E-state index in [0.29, 0.717) is 5.69 Å². The van der Waals surface area contributed by atoms with Crippen molar-refractivity contribution in [3.8, 4) is 0 Å². The van der Waals surface area contributed by atoms with Crippen LogP contribution in [-0.4, -0.2) is 9.97 Å². The van der Waals surface area contributed by atoms with Crippen molar-refractivity contribution in [3.05, 3.63) is 59.7 Å². The Morgan fingerprint density at radius 3 is 2.40 bits per heavy atom. The first-order valence-electron chi connectivity index (χ1n) is 4.45. The van der Waals surface area contributed by atoms with E-state index in [1.807, 2.05) is 0 Å². The molecule has 2 nitrogen and oxygen atoms in total. The molecule has 2 rings (SSSR count). The van der Waals surface area contributed by atoms with Gasteiger partial charge < -0.3 is 0 Å². The highest BCUT2D eigenvalue weighted by atomic mass is 19.1. The lowest BCUT2D eigenvalue weighted by Crippen LogP contribution is -1.98. The molecule has 1 heterocycles. The van der Waals surface area contributed by atoms with Gasteiger partial charge in [-0.25, -0.2) is 18.7 Å². The van der Waals surface area contributed by atoms with E-state index in [-0.39, 0.29) is 12.0 Å². The van der Waals surface area contributed by atoms with Crippen LogP contribution < -0.4 is 0 Å². The normalized spacial score (nSPS) is 10.3. The topological polar surface area (TPSA) is 25.8 Å². The van der Waals surface area contributed by atoms with Gasteiger partial charge in [-0.1, -0.05) is 6.07 Å². The largest absolute Gasteiger partial charge is 0.245 e. The second-order valence-electron chi connectivity index (χ2n) is 3.08. The summed E-state index contributed by atoms with van der Waals surface area (Å²) in [5.74, 6) is -1.10. The Kier molecular flexibility index (Phi) is 2.67. The summed E-state index contributed by atoms with van der Waals surface area (Å²) in [6, 6.07) is 5.44. The van der Waals surface area contributed by atoms with Crippen LogP contribution in [0.2, 0.25) is 0 Å². The quantitative estimate of drug-likeness (QED) is 0.753. The molecule has 0 atom stereocenters. The number of hydrogen-bond donors (Lipinski definition) is 0. The van der Waals surface area contributed by atoms with Gasteiger partial charge in [0.05, 0.1) is 0 Å². The molecule has 0 spiro atoms. The van der Waals surface area contributed by atoms with Crippen LogP contribution in [0.3, 0.4) is 0 Å². The molecule has 0 unspecified atom stereocenters. The van der Waals surface area contributed by atoms with Crippen molar-refractivity contribution in [1.29, 1.82) is 0 Å². The van der Waals surface area contributed by atoms with E-state index in [1.165, 1.54) is 24.5 Å². The van der Waals surface area contributed by atoms with Gasteiger partial charge in [0.25, 0.3) is 0 Å². The second kappa shape index (κ2) is 4.13. The van der Waals surface area contributed by atoms with Gasteiger partial charge >= 0.3 is 0 Å². The Balaban J connectivity index is 2.32. The zero-order valence-electron chi connectivity index (χ0n) is 7.82. The van der Waals surface area contributed by atoms with Gasteiger partial charge in [-0.05, 0) is 18.2 Å². The molecular weight excluding hydrogens is 198 g/mol. The van der Waals surface area contributed by atoms with Gasteiger partial charge in [0.1, 0.15) is 18.0 Å². The van der Waals surface area contributed by atoms with Crippen LogP contribution in [0.1, 0.15) is 11.3 Å². The number of aromatic nitrogens is 2. The van der Waals surface area contributed by atoms with Crippen LogP contribution >= 0.6 is 0 Å². The third-order valence-electron chi connectivity index (χ3n) is 2.06. The zero-order valence-corrected chi connectivity index (χ0v) is 7.82. The lowest BCUT2D eigenvalue weighted by molar-refractivity contribution is 0.560. The van der Waals surface area contributed by atoms with Crippen molar-refractivity contribution < 1.29 is 8.78 Å². The lowest BCUT2D eigenvalue weighted by atomic mass is 10.1. The molecule has 0 radical (unpaired) electrons. The molecule has 76 valence electrons. The Morgan fingerprint density at radius 2 is 1.80 bits per heavy atom. The minimum atomic E-state index is -0.548. The minimum absolute atomic E-state index is 0.0381. The fourth-order valence-electron chi connectivity index (χ4n) is 1.30. The van der Waals surface area contributed by atoms with Crippen LogP contribution in [0.5, 0.6) is 0 Å². The number of hydrogen-bond acceptors (Lipinski definition) is 2. The minimum Gasteiger partial charge on any atom is -0.245 e. The maximum absolute atomic E-state index is 13.3. The number of benzene rings is 1. The first kappa shape index (κ1) is 9.71. The van der Waals surface area contributed by atoms with Gasteiger partial charge in [-0.2, -0.15) is 0 Å². The Hall–Kier alpha value is -1.84. The van der Waals surface area contributed by atoms with E-state index in [0.717, 1.165) is 0 Å². The summed E-state index contributed by atoms with van der Waals surface area (Å²) in [5, 5.41) is 0. The standard InChI is InChI=1S/C11H8F2N2/c12-10-2-1-3-11(13)9(10)6-8-4-5-14-7-15-8/h1-5,7H,6H2. The molecule has 0 saturated heterocycles. The molecule has 2 aromatic rings. The number of halogens is 2. The van der Waals surface area contributed by atoms with E-state index >= 15 is 0 Å². The maximum atomic E-state index is 13.3. The second-order valence-corrected chi connectivity index (χ2v) is 3.08. The molecule has 0 aliphatic carbocycles. The predicted octanol–water partition coefficient (Wildman–Crippen LogP) is 2.35. The van der Waals surface area contributed by atoms with Gasteiger partial charge in [0, 0.05) is 23.9 Å². The summed E-state index contributed by atoms with van der Waals surface area (Å²) in [7, 11) is 0. The van der Waals surface area contributed by atoms with Gasteiger partial charge in [0.15, 0.2) is 0 Å². The van der Waals surface area contributed by atoms with Gasteiger partial charge in [-0.15, -0.1) is 0 Å². The molecule has 4 heteroatoms. The average Bonchev–Trinajstić information content (AvgIpc) is 2.25. The molecule has 0 amide bonds. The highest BCUT2D eigenvalue weighted by Crippen LogP contribution is 2.15. The third-order valence-corrected chi connectivity index (χ3v) is 2.06. The number of nitrogens with zero attached hydrogens (tertiary/aromatic N) is 2. The van der Waals surface area contributed by atoms with Crippen LogP contribution in [0, 0.1) is 11.6 Å². The predicted molar refractivity (Wildman–Crippen MR) is 51.2 cm³/mol. The fourth-order valence-corrected chi connectivity index (χ4v) is 1.30.